The van der Waals surface area contributed by atoms with Gasteiger partial charge in [0, 0.05) is 0 Å². The van der Waals surface area contributed by atoms with Gasteiger partial charge in [-0.1, -0.05) is 54.6 Å². The lowest BCUT2D eigenvalue weighted by Crippen LogP contribution is -1.99. The van der Waals surface area contributed by atoms with Crippen LogP contribution < -0.4 is 4.65 Å². The molecule has 0 unspecified atom stereocenters. The minimum absolute atomic E-state index is 0.630. The van der Waals surface area contributed by atoms with Crippen LogP contribution in [0.2, 0.25) is 0 Å². The van der Waals surface area contributed by atoms with E-state index in [1.54, 1.807) is 0 Å². The van der Waals surface area contributed by atoms with Gasteiger partial charge in [0.25, 0.3) is 0 Å². The molecular weight excluding hydrogens is 259 g/mol. The van der Waals surface area contributed by atoms with E-state index in [2.05, 4.69) is 48.5 Å². The first-order valence-corrected chi connectivity index (χ1v) is 6.83. The molecule has 2 nitrogen and oxygen atoms in total. The lowest BCUT2D eigenvalue weighted by atomic mass is 9.97. The molecule has 0 atom stereocenters. The monoisotopic (exact) mass is 271 g/mol. The Morgan fingerprint density at radius 2 is 1.33 bits per heavy atom. The molecule has 0 aromatic heterocycles. The van der Waals surface area contributed by atoms with Gasteiger partial charge in [-0.05, 0) is 44.5 Å². The molecule has 3 heteroatoms. The molecule has 0 saturated heterocycles. The highest BCUT2D eigenvalue weighted by Gasteiger charge is 2.05. The SMILES string of the molecule is O[B]Oc1ccc2c(ccc3c4ccccc4ccc23)c1. The Labute approximate surface area is 122 Å². The number of hydrogen-bond acceptors (Lipinski definition) is 2. The maximum absolute atomic E-state index is 8.73. The van der Waals surface area contributed by atoms with Crippen molar-refractivity contribution in [3.05, 3.63) is 66.7 Å². The predicted octanol–water partition coefficient (Wildman–Crippen LogP) is 4.05. The summed E-state index contributed by atoms with van der Waals surface area (Å²) in [6.45, 7) is 0. The van der Waals surface area contributed by atoms with E-state index in [-0.39, 0.29) is 0 Å². The van der Waals surface area contributed by atoms with Crippen molar-refractivity contribution in [2.45, 2.75) is 0 Å². The van der Waals surface area contributed by atoms with Crippen molar-refractivity contribution >= 4 is 40.0 Å². The Bertz CT molecular complexity index is 963. The van der Waals surface area contributed by atoms with Gasteiger partial charge in [-0.2, -0.15) is 0 Å². The summed E-state index contributed by atoms with van der Waals surface area (Å²) in [4.78, 5) is 0. The van der Waals surface area contributed by atoms with Crippen molar-refractivity contribution in [1.82, 2.24) is 0 Å². The minimum Gasteiger partial charge on any atom is -0.537 e. The molecular formula is C18H12BO2. The zero-order valence-corrected chi connectivity index (χ0v) is 11.3. The van der Waals surface area contributed by atoms with E-state index < -0.39 is 0 Å². The Hall–Kier alpha value is -2.52. The molecule has 4 rings (SSSR count). The summed E-state index contributed by atoms with van der Waals surface area (Å²) in [5.41, 5.74) is 0. The first kappa shape index (κ1) is 12.2. The van der Waals surface area contributed by atoms with Crippen molar-refractivity contribution in [3.8, 4) is 5.75 Å². The first-order chi connectivity index (χ1) is 10.4. The van der Waals surface area contributed by atoms with Gasteiger partial charge in [0.15, 0.2) is 0 Å². The van der Waals surface area contributed by atoms with Crippen LogP contribution in [0.1, 0.15) is 0 Å². The van der Waals surface area contributed by atoms with Crippen molar-refractivity contribution < 1.29 is 9.68 Å². The zero-order valence-electron chi connectivity index (χ0n) is 11.3. The number of benzene rings is 4. The van der Waals surface area contributed by atoms with Crippen LogP contribution >= 0.6 is 0 Å². The van der Waals surface area contributed by atoms with Crippen molar-refractivity contribution in [2.75, 3.05) is 0 Å². The molecule has 0 saturated carbocycles. The largest absolute Gasteiger partial charge is 0.569 e. The first-order valence-electron chi connectivity index (χ1n) is 6.83. The van der Waals surface area contributed by atoms with Gasteiger partial charge in [-0.25, -0.2) is 0 Å². The van der Waals surface area contributed by atoms with Gasteiger partial charge in [-0.15, -0.1) is 0 Å². The van der Waals surface area contributed by atoms with Crippen LogP contribution in [0.4, 0.5) is 0 Å². The molecule has 0 amide bonds. The van der Waals surface area contributed by atoms with Crippen LogP contribution in [-0.4, -0.2) is 12.7 Å². The highest BCUT2D eigenvalue weighted by Crippen LogP contribution is 2.32. The molecule has 0 aliphatic carbocycles. The fourth-order valence-electron chi connectivity index (χ4n) is 2.94. The minimum atomic E-state index is 0.630. The second kappa shape index (κ2) is 4.79. The summed E-state index contributed by atoms with van der Waals surface area (Å²) in [6, 6.07) is 22.8. The summed E-state index contributed by atoms with van der Waals surface area (Å²) in [7, 11) is 0.704. The summed E-state index contributed by atoms with van der Waals surface area (Å²) >= 11 is 0. The summed E-state index contributed by atoms with van der Waals surface area (Å²) < 4.78 is 5.03. The number of hydrogen-bond donors (Lipinski definition) is 1. The van der Waals surface area contributed by atoms with Crippen molar-refractivity contribution in [3.63, 3.8) is 0 Å². The van der Waals surface area contributed by atoms with E-state index in [1.807, 2.05) is 18.2 Å². The van der Waals surface area contributed by atoms with Gasteiger partial charge >= 0.3 is 7.69 Å². The standard InChI is InChI=1S/C18H12BO2/c20-19-21-14-7-10-16-13(11-14)6-9-17-15-4-2-1-3-12(15)5-8-18(16)17/h1-11,20H. The lowest BCUT2D eigenvalue weighted by Gasteiger charge is -2.09. The molecule has 0 fully saturated rings. The van der Waals surface area contributed by atoms with Gasteiger partial charge in [0.05, 0.1) is 0 Å². The van der Waals surface area contributed by atoms with E-state index in [1.165, 1.54) is 26.9 Å². The fraction of sp³-hybridized carbons (Fsp3) is 0. The molecule has 1 radical (unpaired) electrons. The zero-order chi connectivity index (χ0) is 14.2. The van der Waals surface area contributed by atoms with E-state index in [0.717, 1.165) is 5.39 Å². The second-order valence-electron chi connectivity index (χ2n) is 5.05. The number of rotatable bonds is 2. The summed E-state index contributed by atoms with van der Waals surface area (Å²) in [6.07, 6.45) is 0. The van der Waals surface area contributed by atoms with E-state index in [4.69, 9.17) is 9.68 Å². The van der Waals surface area contributed by atoms with Crippen molar-refractivity contribution in [2.24, 2.45) is 0 Å². The Kier molecular flexibility index (Phi) is 2.79. The van der Waals surface area contributed by atoms with E-state index in [0.29, 0.717) is 13.4 Å². The average molecular weight is 271 g/mol. The molecule has 21 heavy (non-hydrogen) atoms. The number of fused-ring (bicyclic) bond motifs is 5. The van der Waals surface area contributed by atoms with Gasteiger partial charge in [-0.3, -0.25) is 0 Å². The Balaban J connectivity index is 2.07. The third-order valence-corrected chi connectivity index (χ3v) is 3.90. The smallest absolute Gasteiger partial charge is 0.537 e. The molecule has 4 aromatic carbocycles. The van der Waals surface area contributed by atoms with Crippen LogP contribution in [-0.2, 0) is 0 Å². The Morgan fingerprint density at radius 3 is 2.14 bits per heavy atom. The third-order valence-electron chi connectivity index (χ3n) is 3.90. The molecule has 99 valence electrons. The highest BCUT2D eigenvalue weighted by molar-refractivity contribution is 6.18. The predicted molar refractivity (Wildman–Crippen MR) is 87.6 cm³/mol. The normalized spacial score (nSPS) is 11.1. The molecule has 0 aliphatic heterocycles. The second-order valence-corrected chi connectivity index (χ2v) is 5.05. The molecule has 4 aromatic rings. The maximum Gasteiger partial charge on any atom is 0.569 e. The molecule has 0 spiro atoms. The van der Waals surface area contributed by atoms with Crippen LogP contribution in [0.5, 0.6) is 5.75 Å². The summed E-state index contributed by atoms with van der Waals surface area (Å²) in [5, 5.41) is 16.0. The molecule has 0 aliphatic rings. The lowest BCUT2D eigenvalue weighted by molar-refractivity contribution is 0.454. The third kappa shape index (κ3) is 1.94. The van der Waals surface area contributed by atoms with Crippen LogP contribution in [0.25, 0.3) is 32.3 Å². The van der Waals surface area contributed by atoms with Gasteiger partial charge in [0.2, 0.25) is 0 Å². The van der Waals surface area contributed by atoms with E-state index >= 15 is 0 Å². The molecule has 0 bridgehead atoms. The highest BCUT2D eigenvalue weighted by atomic mass is 16.5. The van der Waals surface area contributed by atoms with Crippen LogP contribution in [0.3, 0.4) is 0 Å². The summed E-state index contributed by atoms with van der Waals surface area (Å²) in [5.74, 6) is 0.630. The average Bonchev–Trinajstić information content (AvgIpc) is 2.54. The van der Waals surface area contributed by atoms with Crippen LogP contribution in [0, 0.1) is 0 Å². The van der Waals surface area contributed by atoms with Crippen molar-refractivity contribution in [1.29, 1.82) is 0 Å². The van der Waals surface area contributed by atoms with E-state index in [9.17, 15) is 0 Å². The fourth-order valence-corrected chi connectivity index (χ4v) is 2.94. The van der Waals surface area contributed by atoms with Gasteiger partial charge in [0.1, 0.15) is 5.75 Å². The molecule has 1 N–H and O–H groups in total. The Morgan fingerprint density at radius 1 is 0.667 bits per heavy atom. The maximum atomic E-state index is 8.73. The molecule has 0 heterocycles. The topological polar surface area (TPSA) is 29.5 Å². The van der Waals surface area contributed by atoms with Gasteiger partial charge < -0.3 is 9.68 Å². The van der Waals surface area contributed by atoms with Crippen LogP contribution in [0.15, 0.2) is 66.7 Å². The quantitative estimate of drug-likeness (QED) is 0.440.